The van der Waals surface area contributed by atoms with E-state index in [-0.39, 0.29) is 12.0 Å². The SMILES string of the molecule is CCC(CC)(CO)CNc1cc(OC)ncn1. The van der Waals surface area contributed by atoms with Gasteiger partial charge in [-0.05, 0) is 12.8 Å². The van der Waals surface area contributed by atoms with Crippen LogP contribution in [0.3, 0.4) is 0 Å². The van der Waals surface area contributed by atoms with Gasteiger partial charge in [0.05, 0.1) is 13.7 Å². The normalized spacial score (nSPS) is 11.3. The molecule has 0 spiro atoms. The van der Waals surface area contributed by atoms with Crippen LogP contribution in [0.4, 0.5) is 5.82 Å². The summed E-state index contributed by atoms with van der Waals surface area (Å²) < 4.78 is 5.03. The summed E-state index contributed by atoms with van der Waals surface area (Å²) in [5, 5.41) is 12.7. The van der Waals surface area contributed by atoms with Gasteiger partial charge in [0, 0.05) is 18.0 Å². The molecule has 0 aromatic carbocycles. The second-order valence-corrected chi connectivity index (χ2v) is 4.16. The van der Waals surface area contributed by atoms with E-state index in [1.54, 1.807) is 13.2 Å². The number of hydrogen-bond acceptors (Lipinski definition) is 5. The molecular weight excluding hydrogens is 218 g/mol. The first-order chi connectivity index (χ1) is 8.19. The molecule has 1 aromatic rings. The standard InChI is InChI=1S/C12H21N3O2/c1-4-12(5-2,8-16)7-13-10-6-11(17-3)15-9-14-10/h6,9,16H,4-5,7-8H2,1-3H3,(H,13,14,15). The van der Waals surface area contributed by atoms with E-state index in [0.717, 1.165) is 18.7 Å². The first kappa shape index (κ1) is 13.7. The van der Waals surface area contributed by atoms with Crippen molar-refractivity contribution in [3.8, 4) is 5.88 Å². The number of nitrogens with zero attached hydrogens (tertiary/aromatic N) is 2. The Labute approximate surface area is 102 Å². The molecule has 1 rings (SSSR count). The maximum atomic E-state index is 9.46. The molecule has 5 nitrogen and oxygen atoms in total. The van der Waals surface area contributed by atoms with Gasteiger partial charge in [-0.15, -0.1) is 0 Å². The summed E-state index contributed by atoms with van der Waals surface area (Å²) in [6.45, 7) is 5.04. The van der Waals surface area contributed by atoms with Gasteiger partial charge < -0.3 is 15.2 Å². The van der Waals surface area contributed by atoms with Crippen LogP contribution in [0.15, 0.2) is 12.4 Å². The number of anilines is 1. The Balaban J connectivity index is 2.65. The van der Waals surface area contributed by atoms with Gasteiger partial charge in [0.25, 0.3) is 0 Å². The van der Waals surface area contributed by atoms with Crippen molar-refractivity contribution in [2.45, 2.75) is 26.7 Å². The molecule has 96 valence electrons. The molecule has 0 saturated heterocycles. The van der Waals surface area contributed by atoms with Crippen LogP contribution >= 0.6 is 0 Å². The van der Waals surface area contributed by atoms with E-state index < -0.39 is 0 Å². The van der Waals surface area contributed by atoms with E-state index in [0.29, 0.717) is 12.4 Å². The fourth-order valence-corrected chi connectivity index (χ4v) is 1.61. The Kier molecular flexibility index (Phi) is 5.15. The van der Waals surface area contributed by atoms with Crippen molar-refractivity contribution >= 4 is 5.82 Å². The fraction of sp³-hybridized carbons (Fsp3) is 0.667. The number of aliphatic hydroxyl groups excluding tert-OH is 1. The van der Waals surface area contributed by atoms with Crippen molar-refractivity contribution in [3.05, 3.63) is 12.4 Å². The van der Waals surface area contributed by atoms with Crippen LogP contribution in [0, 0.1) is 5.41 Å². The van der Waals surface area contributed by atoms with Crippen molar-refractivity contribution in [1.82, 2.24) is 9.97 Å². The zero-order chi connectivity index (χ0) is 12.7. The predicted octanol–water partition coefficient (Wildman–Crippen LogP) is 1.70. The molecule has 0 atom stereocenters. The van der Waals surface area contributed by atoms with Gasteiger partial charge in [0.1, 0.15) is 12.1 Å². The van der Waals surface area contributed by atoms with Crippen LogP contribution in [0.25, 0.3) is 0 Å². The van der Waals surface area contributed by atoms with Gasteiger partial charge in [-0.1, -0.05) is 13.8 Å². The number of nitrogens with one attached hydrogen (secondary N) is 1. The molecule has 17 heavy (non-hydrogen) atoms. The Bertz CT molecular complexity index is 332. The van der Waals surface area contributed by atoms with Crippen LogP contribution < -0.4 is 10.1 Å². The molecular formula is C12H21N3O2. The molecule has 1 aromatic heterocycles. The predicted molar refractivity (Wildman–Crippen MR) is 67.2 cm³/mol. The third-order valence-electron chi connectivity index (χ3n) is 3.33. The van der Waals surface area contributed by atoms with Crippen molar-refractivity contribution < 1.29 is 9.84 Å². The lowest BCUT2D eigenvalue weighted by Crippen LogP contribution is -2.32. The molecule has 0 bridgehead atoms. The van der Waals surface area contributed by atoms with E-state index in [4.69, 9.17) is 4.74 Å². The van der Waals surface area contributed by atoms with Gasteiger partial charge >= 0.3 is 0 Å². The minimum atomic E-state index is -0.0851. The molecule has 5 heteroatoms. The number of rotatable bonds is 7. The van der Waals surface area contributed by atoms with Crippen molar-refractivity contribution in [1.29, 1.82) is 0 Å². The van der Waals surface area contributed by atoms with Crippen LogP contribution in [0.2, 0.25) is 0 Å². The molecule has 0 saturated carbocycles. The van der Waals surface area contributed by atoms with Crippen molar-refractivity contribution in [2.75, 3.05) is 25.6 Å². The minimum absolute atomic E-state index is 0.0851. The first-order valence-electron chi connectivity index (χ1n) is 5.90. The van der Waals surface area contributed by atoms with E-state index >= 15 is 0 Å². The smallest absolute Gasteiger partial charge is 0.218 e. The summed E-state index contributed by atoms with van der Waals surface area (Å²) in [5.41, 5.74) is -0.0851. The summed E-state index contributed by atoms with van der Waals surface area (Å²) in [6, 6.07) is 1.74. The Morgan fingerprint density at radius 3 is 2.59 bits per heavy atom. The highest BCUT2D eigenvalue weighted by atomic mass is 16.5. The largest absolute Gasteiger partial charge is 0.481 e. The van der Waals surface area contributed by atoms with Gasteiger partial charge in [-0.25, -0.2) is 9.97 Å². The highest BCUT2D eigenvalue weighted by Crippen LogP contribution is 2.26. The molecule has 0 amide bonds. The maximum absolute atomic E-state index is 9.46. The lowest BCUT2D eigenvalue weighted by Gasteiger charge is -2.29. The third-order valence-corrected chi connectivity index (χ3v) is 3.33. The van der Waals surface area contributed by atoms with Crippen LogP contribution in [0.5, 0.6) is 5.88 Å². The molecule has 0 aliphatic heterocycles. The number of methoxy groups -OCH3 is 1. The van der Waals surface area contributed by atoms with Gasteiger partial charge in [-0.3, -0.25) is 0 Å². The molecule has 0 unspecified atom stereocenters. The van der Waals surface area contributed by atoms with Crippen molar-refractivity contribution in [3.63, 3.8) is 0 Å². The zero-order valence-electron chi connectivity index (χ0n) is 10.7. The Hall–Kier alpha value is -1.36. The Morgan fingerprint density at radius 2 is 2.06 bits per heavy atom. The topological polar surface area (TPSA) is 67.3 Å². The summed E-state index contributed by atoms with van der Waals surface area (Å²) in [6.07, 6.45) is 3.31. The molecule has 0 radical (unpaired) electrons. The van der Waals surface area contributed by atoms with Gasteiger partial charge in [0.15, 0.2) is 0 Å². The van der Waals surface area contributed by atoms with Gasteiger partial charge in [0.2, 0.25) is 5.88 Å². The third kappa shape index (κ3) is 3.56. The molecule has 1 heterocycles. The highest BCUT2D eigenvalue weighted by Gasteiger charge is 2.24. The van der Waals surface area contributed by atoms with Crippen LogP contribution in [-0.4, -0.2) is 35.3 Å². The molecule has 0 aliphatic carbocycles. The molecule has 2 N–H and O–H groups in total. The van der Waals surface area contributed by atoms with E-state index in [2.05, 4.69) is 29.1 Å². The maximum Gasteiger partial charge on any atom is 0.218 e. The lowest BCUT2D eigenvalue weighted by molar-refractivity contribution is 0.127. The quantitative estimate of drug-likeness (QED) is 0.758. The van der Waals surface area contributed by atoms with E-state index in [9.17, 15) is 5.11 Å². The number of hydrogen-bond donors (Lipinski definition) is 2. The second-order valence-electron chi connectivity index (χ2n) is 4.16. The summed E-state index contributed by atoms with van der Waals surface area (Å²) in [5.74, 6) is 1.25. The van der Waals surface area contributed by atoms with Crippen LogP contribution in [-0.2, 0) is 0 Å². The van der Waals surface area contributed by atoms with E-state index in [1.807, 2.05) is 0 Å². The molecule has 0 aliphatic rings. The fourth-order valence-electron chi connectivity index (χ4n) is 1.61. The monoisotopic (exact) mass is 239 g/mol. The summed E-state index contributed by atoms with van der Waals surface area (Å²) in [4.78, 5) is 8.05. The second kappa shape index (κ2) is 6.39. The van der Waals surface area contributed by atoms with Crippen LogP contribution in [0.1, 0.15) is 26.7 Å². The number of aromatic nitrogens is 2. The van der Waals surface area contributed by atoms with Gasteiger partial charge in [-0.2, -0.15) is 0 Å². The Morgan fingerprint density at radius 1 is 1.35 bits per heavy atom. The molecule has 0 fully saturated rings. The zero-order valence-corrected chi connectivity index (χ0v) is 10.7. The number of aliphatic hydroxyl groups is 1. The average molecular weight is 239 g/mol. The lowest BCUT2D eigenvalue weighted by atomic mass is 9.83. The first-order valence-corrected chi connectivity index (χ1v) is 5.90. The highest BCUT2D eigenvalue weighted by molar-refractivity contribution is 5.37. The summed E-state index contributed by atoms with van der Waals surface area (Å²) >= 11 is 0. The average Bonchev–Trinajstić information content (AvgIpc) is 2.41. The van der Waals surface area contributed by atoms with E-state index in [1.165, 1.54) is 6.33 Å². The van der Waals surface area contributed by atoms with Crippen molar-refractivity contribution in [2.24, 2.45) is 5.41 Å². The summed E-state index contributed by atoms with van der Waals surface area (Å²) in [7, 11) is 1.57. The number of ether oxygens (including phenoxy) is 1. The minimum Gasteiger partial charge on any atom is -0.481 e.